The van der Waals surface area contributed by atoms with Crippen LogP contribution in [0.2, 0.25) is 0 Å². The van der Waals surface area contributed by atoms with Crippen LogP contribution in [-0.4, -0.2) is 20.2 Å². The van der Waals surface area contributed by atoms with Gasteiger partial charge < -0.3 is 0 Å². The normalized spacial score (nSPS) is 10.1. The van der Waals surface area contributed by atoms with Gasteiger partial charge in [0.25, 0.3) is 0 Å². The molecule has 0 fully saturated rings. The molecule has 0 aliphatic carbocycles. The molecule has 0 atom stereocenters. The van der Waals surface area contributed by atoms with Crippen LogP contribution < -0.4 is 0 Å². The molecule has 0 aliphatic rings. The lowest BCUT2D eigenvalue weighted by Crippen LogP contribution is -2.02. The Kier molecular flexibility index (Phi) is 3.05. The largest absolute Gasteiger partial charge is 0.225 e. The SMILES string of the molecule is N#CCCCn1nnnc1-c1cccs1. The van der Waals surface area contributed by atoms with Gasteiger partial charge in [0.15, 0.2) is 5.82 Å². The predicted octanol–water partition coefficient (Wildman–Crippen LogP) is 1.71. The molecular weight excluding hydrogens is 210 g/mol. The Morgan fingerprint density at radius 2 is 2.47 bits per heavy atom. The number of thiophene rings is 1. The van der Waals surface area contributed by atoms with Crippen LogP contribution in [-0.2, 0) is 6.54 Å². The smallest absolute Gasteiger partial charge is 0.192 e. The number of tetrazole rings is 1. The summed E-state index contributed by atoms with van der Waals surface area (Å²) in [6, 6.07) is 6.05. The summed E-state index contributed by atoms with van der Waals surface area (Å²) in [5, 5.41) is 21.9. The molecule has 0 saturated heterocycles. The van der Waals surface area contributed by atoms with Crippen molar-refractivity contribution in [3.05, 3.63) is 17.5 Å². The zero-order chi connectivity index (χ0) is 10.5. The van der Waals surface area contributed by atoms with Gasteiger partial charge in [0, 0.05) is 13.0 Å². The van der Waals surface area contributed by atoms with Gasteiger partial charge in [-0.15, -0.1) is 16.4 Å². The molecule has 5 nitrogen and oxygen atoms in total. The summed E-state index contributed by atoms with van der Waals surface area (Å²) in [6.45, 7) is 0.688. The summed E-state index contributed by atoms with van der Waals surface area (Å²) in [6.07, 6.45) is 1.31. The maximum absolute atomic E-state index is 8.44. The summed E-state index contributed by atoms with van der Waals surface area (Å²) < 4.78 is 1.74. The van der Waals surface area contributed by atoms with E-state index in [1.54, 1.807) is 16.0 Å². The van der Waals surface area contributed by atoms with Gasteiger partial charge >= 0.3 is 0 Å². The third-order valence-electron chi connectivity index (χ3n) is 1.93. The van der Waals surface area contributed by atoms with E-state index in [9.17, 15) is 0 Å². The van der Waals surface area contributed by atoms with Crippen molar-refractivity contribution in [2.45, 2.75) is 19.4 Å². The van der Waals surface area contributed by atoms with Crippen LogP contribution in [0.4, 0.5) is 0 Å². The van der Waals surface area contributed by atoms with Gasteiger partial charge in [-0.05, 0) is 28.3 Å². The standard InChI is InChI=1S/C9H9N5S/c10-5-1-2-6-14-9(11-12-13-14)8-4-3-7-15-8/h3-4,7H,1-2,6H2. The molecule has 76 valence electrons. The molecule has 0 bridgehead atoms. The van der Waals surface area contributed by atoms with Crippen molar-refractivity contribution in [3.8, 4) is 16.8 Å². The molecule has 15 heavy (non-hydrogen) atoms. The number of hydrogen-bond acceptors (Lipinski definition) is 5. The number of nitriles is 1. The van der Waals surface area contributed by atoms with Gasteiger partial charge in [-0.1, -0.05) is 6.07 Å². The maximum atomic E-state index is 8.44. The van der Waals surface area contributed by atoms with Gasteiger partial charge in [0.05, 0.1) is 10.9 Å². The topological polar surface area (TPSA) is 67.4 Å². The average Bonchev–Trinajstić information content (AvgIpc) is 2.87. The summed E-state index contributed by atoms with van der Waals surface area (Å²) in [5.74, 6) is 0.780. The quantitative estimate of drug-likeness (QED) is 0.734. The van der Waals surface area contributed by atoms with Crippen LogP contribution in [0.5, 0.6) is 0 Å². The highest BCUT2D eigenvalue weighted by atomic mass is 32.1. The van der Waals surface area contributed by atoms with E-state index >= 15 is 0 Å². The Labute approximate surface area is 91.0 Å². The number of rotatable bonds is 4. The first-order valence-corrected chi connectivity index (χ1v) is 5.47. The Hall–Kier alpha value is -1.74. The van der Waals surface area contributed by atoms with E-state index < -0.39 is 0 Å². The van der Waals surface area contributed by atoms with E-state index in [1.165, 1.54) is 0 Å². The fraction of sp³-hybridized carbons (Fsp3) is 0.333. The van der Waals surface area contributed by atoms with Crippen LogP contribution in [0.1, 0.15) is 12.8 Å². The lowest BCUT2D eigenvalue weighted by atomic mass is 10.3. The zero-order valence-corrected chi connectivity index (χ0v) is 8.81. The fourth-order valence-corrected chi connectivity index (χ4v) is 1.96. The molecule has 6 heteroatoms. The number of nitrogens with zero attached hydrogens (tertiary/aromatic N) is 5. The molecular formula is C9H9N5S. The van der Waals surface area contributed by atoms with Crippen molar-refractivity contribution in [3.63, 3.8) is 0 Å². The fourth-order valence-electron chi connectivity index (χ4n) is 1.25. The molecule has 0 saturated carbocycles. The minimum Gasteiger partial charge on any atom is -0.225 e. The first-order chi connectivity index (χ1) is 7.42. The van der Waals surface area contributed by atoms with E-state index in [4.69, 9.17) is 5.26 Å². The maximum Gasteiger partial charge on any atom is 0.192 e. The molecule has 2 aromatic heterocycles. The van der Waals surface area contributed by atoms with Crippen LogP contribution >= 0.6 is 11.3 Å². The van der Waals surface area contributed by atoms with E-state index in [-0.39, 0.29) is 0 Å². The Morgan fingerprint density at radius 3 is 3.20 bits per heavy atom. The number of aromatic nitrogens is 4. The van der Waals surface area contributed by atoms with Crippen molar-refractivity contribution in [1.82, 2.24) is 20.2 Å². The molecule has 0 spiro atoms. The lowest BCUT2D eigenvalue weighted by Gasteiger charge is -1.99. The van der Waals surface area contributed by atoms with E-state index in [2.05, 4.69) is 21.6 Å². The van der Waals surface area contributed by atoms with Gasteiger partial charge in [-0.25, -0.2) is 4.68 Å². The van der Waals surface area contributed by atoms with Crippen molar-refractivity contribution >= 4 is 11.3 Å². The van der Waals surface area contributed by atoms with Crippen molar-refractivity contribution in [2.75, 3.05) is 0 Å². The number of hydrogen-bond donors (Lipinski definition) is 0. The molecule has 2 rings (SSSR count). The number of aryl methyl sites for hydroxylation is 1. The first kappa shape index (κ1) is 9.80. The minimum absolute atomic E-state index is 0.531. The summed E-state index contributed by atoms with van der Waals surface area (Å²) in [4.78, 5) is 1.05. The van der Waals surface area contributed by atoms with Crippen molar-refractivity contribution in [1.29, 1.82) is 5.26 Å². The summed E-state index contributed by atoms with van der Waals surface area (Å²) >= 11 is 1.61. The molecule has 0 N–H and O–H groups in total. The second-order valence-electron chi connectivity index (χ2n) is 2.96. The van der Waals surface area contributed by atoms with E-state index in [0.717, 1.165) is 17.1 Å². The second kappa shape index (κ2) is 4.66. The zero-order valence-electron chi connectivity index (χ0n) is 8.00. The Balaban J connectivity index is 2.13. The highest BCUT2D eigenvalue weighted by Crippen LogP contribution is 2.21. The lowest BCUT2D eigenvalue weighted by molar-refractivity contribution is 0.569. The van der Waals surface area contributed by atoms with Crippen molar-refractivity contribution < 1.29 is 0 Å². The van der Waals surface area contributed by atoms with Gasteiger partial charge in [0.2, 0.25) is 0 Å². The highest BCUT2D eigenvalue weighted by Gasteiger charge is 2.08. The molecule has 0 aromatic carbocycles. The molecule has 2 heterocycles. The average molecular weight is 219 g/mol. The third-order valence-corrected chi connectivity index (χ3v) is 2.80. The predicted molar refractivity (Wildman–Crippen MR) is 56.0 cm³/mol. The minimum atomic E-state index is 0.531. The summed E-state index contributed by atoms with van der Waals surface area (Å²) in [5.41, 5.74) is 0. The van der Waals surface area contributed by atoms with Crippen LogP contribution in [0.15, 0.2) is 17.5 Å². The van der Waals surface area contributed by atoms with Gasteiger partial charge in [0.1, 0.15) is 0 Å². The second-order valence-corrected chi connectivity index (χ2v) is 3.91. The molecule has 0 amide bonds. The number of unbranched alkanes of at least 4 members (excludes halogenated alkanes) is 1. The third kappa shape index (κ3) is 2.19. The van der Waals surface area contributed by atoms with Crippen LogP contribution in [0.3, 0.4) is 0 Å². The van der Waals surface area contributed by atoms with E-state index in [1.807, 2.05) is 17.5 Å². The van der Waals surface area contributed by atoms with Crippen LogP contribution in [0.25, 0.3) is 10.7 Å². The van der Waals surface area contributed by atoms with Gasteiger partial charge in [-0.2, -0.15) is 5.26 Å². The first-order valence-electron chi connectivity index (χ1n) is 4.59. The van der Waals surface area contributed by atoms with Crippen LogP contribution in [0, 0.1) is 11.3 Å². The monoisotopic (exact) mass is 219 g/mol. The highest BCUT2D eigenvalue weighted by molar-refractivity contribution is 7.13. The Bertz CT molecular complexity index is 453. The molecule has 0 radical (unpaired) electrons. The van der Waals surface area contributed by atoms with Crippen molar-refractivity contribution in [2.24, 2.45) is 0 Å². The van der Waals surface area contributed by atoms with Gasteiger partial charge in [-0.3, -0.25) is 0 Å². The Morgan fingerprint density at radius 1 is 1.53 bits per heavy atom. The molecule has 0 aliphatic heterocycles. The molecule has 2 aromatic rings. The molecule has 0 unspecified atom stereocenters. The van der Waals surface area contributed by atoms with E-state index in [0.29, 0.717) is 13.0 Å². The summed E-state index contributed by atoms with van der Waals surface area (Å²) in [7, 11) is 0.